The molecule has 0 aliphatic carbocycles. The Kier molecular flexibility index (Phi) is 6.72. The van der Waals surface area contributed by atoms with Crippen LogP contribution in [0, 0.1) is 11.8 Å². The second-order valence-electron chi connectivity index (χ2n) is 9.16. The number of hydrogen-bond donors (Lipinski definition) is 1. The van der Waals surface area contributed by atoms with Crippen LogP contribution in [0.3, 0.4) is 0 Å². The van der Waals surface area contributed by atoms with Crippen molar-refractivity contribution in [1.29, 1.82) is 0 Å². The number of nitrogens with one attached hydrogen (secondary N) is 1. The monoisotopic (exact) mass is 381 g/mol. The molecule has 0 aromatic carbocycles. The van der Waals surface area contributed by atoms with Crippen LogP contribution in [0.25, 0.3) is 0 Å². The molecule has 0 amide bonds. The minimum absolute atomic E-state index is 0.342. The molecule has 0 aromatic heterocycles. The summed E-state index contributed by atoms with van der Waals surface area (Å²) in [6.45, 7) is 11.9. The van der Waals surface area contributed by atoms with E-state index in [0.717, 1.165) is 32.9 Å². The van der Waals surface area contributed by atoms with Gasteiger partial charge in [0.05, 0.1) is 18.3 Å². The topological polar surface area (TPSA) is 46.2 Å². The minimum atomic E-state index is 0.342. The molecule has 156 valence electrons. The highest BCUT2D eigenvalue weighted by molar-refractivity contribution is 4.89. The van der Waals surface area contributed by atoms with Crippen molar-refractivity contribution in [3.8, 4) is 0 Å². The lowest BCUT2D eigenvalue weighted by atomic mass is 9.86. The summed E-state index contributed by atoms with van der Waals surface area (Å²) in [6.07, 6.45) is 8.26. The summed E-state index contributed by atoms with van der Waals surface area (Å²) < 4.78 is 18.1. The van der Waals surface area contributed by atoms with Crippen LogP contribution >= 0.6 is 0 Å². The molecule has 4 aliphatic rings. The first kappa shape index (κ1) is 20.0. The number of hydrogen-bond acceptors (Lipinski definition) is 6. The van der Waals surface area contributed by atoms with Gasteiger partial charge in [-0.1, -0.05) is 6.92 Å². The van der Waals surface area contributed by atoms with Gasteiger partial charge in [0.25, 0.3) is 0 Å². The van der Waals surface area contributed by atoms with Crippen LogP contribution in [-0.4, -0.2) is 73.3 Å². The van der Waals surface area contributed by atoms with Crippen LogP contribution in [0.1, 0.15) is 59.3 Å². The third-order valence-corrected chi connectivity index (χ3v) is 7.40. The average molecular weight is 382 g/mol. The first-order valence-electron chi connectivity index (χ1n) is 11.3. The average Bonchev–Trinajstić information content (AvgIpc) is 3.47. The standard InChI is InChI=1S/C21H39N3O3/c1-15(19-7-4-10-25-19)18-13-23(16(2)20-8-5-11-26-20)22-24(14-18)17(3)21-9-6-12-27-21/h15-22H,4-14H2,1-3H3. The molecule has 4 fully saturated rings. The largest absolute Gasteiger partial charge is 0.378 e. The smallest absolute Gasteiger partial charge is 0.0742 e. The Labute approximate surface area is 164 Å². The number of ether oxygens (including phenoxy) is 3. The van der Waals surface area contributed by atoms with Gasteiger partial charge in [0.2, 0.25) is 0 Å². The van der Waals surface area contributed by atoms with E-state index in [1.165, 1.54) is 38.5 Å². The van der Waals surface area contributed by atoms with Crippen LogP contribution in [0.15, 0.2) is 0 Å². The summed E-state index contributed by atoms with van der Waals surface area (Å²) in [4.78, 5) is 0. The maximum Gasteiger partial charge on any atom is 0.0742 e. The molecule has 4 rings (SSSR count). The lowest BCUT2D eigenvalue weighted by Gasteiger charge is -2.49. The summed E-state index contributed by atoms with van der Waals surface area (Å²) in [5, 5.41) is 4.89. The molecule has 27 heavy (non-hydrogen) atoms. The summed E-state index contributed by atoms with van der Waals surface area (Å²) in [6, 6.07) is 0.761. The van der Waals surface area contributed by atoms with Gasteiger partial charge in [0.15, 0.2) is 0 Å². The molecule has 6 atom stereocenters. The Morgan fingerprint density at radius 1 is 0.704 bits per heavy atom. The molecular formula is C21H39N3O3. The maximum atomic E-state index is 6.05. The van der Waals surface area contributed by atoms with Gasteiger partial charge in [-0.2, -0.15) is 5.53 Å². The molecule has 4 saturated heterocycles. The van der Waals surface area contributed by atoms with E-state index in [4.69, 9.17) is 14.2 Å². The fraction of sp³-hybridized carbons (Fsp3) is 1.00. The summed E-state index contributed by atoms with van der Waals surface area (Å²) in [7, 11) is 0. The van der Waals surface area contributed by atoms with Crippen LogP contribution in [0.2, 0.25) is 0 Å². The molecule has 4 heterocycles. The molecule has 1 N–H and O–H groups in total. The predicted octanol–water partition coefficient (Wildman–Crippen LogP) is 2.59. The molecular weight excluding hydrogens is 342 g/mol. The fourth-order valence-electron chi connectivity index (χ4n) is 5.35. The summed E-state index contributed by atoms with van der Waals surface area (Å²) in [5.41, 5.74) is 3.75. The van der Waals surface area contributed by atoms with Crippen LogP contribution in [0.4, 0.5) is 0 Å². The van der Waals surface area contributed by atoms with E-state index in [1.807, 2.05) is 0 Å². The highest BCUT2D eigenvalue weighted by atomic mass is 16.5. The van der Waals surface area contributed by atoms with E-state index >= 15 is 0 Å². The third-order valence-electron chi connectivity index (χ3n) is 7.40. The van der Waals surface area contributed by atoms with Crippen molar-refractivity contribution >= 4 is 0 Å². The molecule has 0 bridgehead atoms. The van der Waals surface area contributed by atoms with Gasteiger partial charge >= 0.3 is 0 Å². The molecule has 0 radical (unpaired) electrons. The first-order chi connectivity index (χ1) is 13.1. The zero-order valence-electron chi connectivity index (χ0n) is 17.4. The van der Waals surface area contributed by atoms with Crippen molar-refractivity contribution < 1.29 is 14.2 Å². The minimum Gasteiger partial charge on any atom is -0.378 e. The van der Waals surface area contributed by atoms with Crippen LogP contribution in [0.5, 0.6) is 0 Å². The highest BCUT2D eigenvalue weighted by Crippen LogP contribution is 2.31. The third kappa shape index (κ3) is 4.51. The Morgan fingerprint density at radius 3 is 1.56 bits per heavy atom. The zero-order valence-corrected chi connectivity index (χ0v) is 17.4. The molecule has 0 spiro atoms. The second kappa shape index (κ2) is 9.06. The van der Waals surface area contributed by atoms with Gasteiger partial charge in [-0.25, -0.2) is 10.0 Å². The lowest BCUT2D eigenvalue weighted by molar-refractivity contribution is -0.139. The molecule has 0 aromatic rings. The van der Waals surface area contributed by atoms with Crippen molar-refractivity contribution in [1.82, 2.24) is 15.6 Å². The van der Waals surface area contributed by atoms with Gasteiger partial charge in [0.1, 0.15) is 0 Å². The van der Waals surface area contributed by atoms with Gasteiger partial charge < -0.3 is 14.2 Å². The maximum absolute atomic E-state index is 6.05. The van der Waals surface area contributed by atoms with Crippen LogP contribution < -0.4 is 5.53 Å². The van der Waals surface area contributed by atoms with E-state index in [-0.39, 0.29) is 0 Å². The second-order valence-corrected chi connectivity index (χ2v) is 9.16. The van der Waals surface area contributed by atoms with Crippen molar-refractivity contribution in [2.24, 2.45) is 11.8 Å². The van der Waals surface area contributed by atoms with E-state index in [2.05, 4.69) is 36.3 Å². The first-order valence-corrected chi connectivity index (χ1v) is 11.3. The number of hydrazine groups is 2. The quantitative estimate of drug-likeness (QED) is 0.763. The van der Waals surface area contributed by atoms with Gasteiger partial charge in [0, 0.05) is 45.0 Å². The Morgan fingerprint density at radius 2 is 1.15 bits per heavy atom. The Hall–Kier alpha value is -0.240. The predicted molar refractivity (Wildman–Crippen MR) is 105 cm³/mol. The van der Waals surface area contributed by atoms with E-state index < -0.39 is 0 Å². The van der Waals surface area contributed by atoms with Crippen LogP contribution in [-0.2, 0) is 14.2 Å². The molecule has 0 saturated carbocycles. The SMILES string of the molecule is CC(C1CN(C(C)C2CCCO2)NN(C(C)C2CCCO2)C1)C1CCCO1. The van der Waals surface area contributed by atoms with Gasteiger partial charge in [-0.05, 0) is 64.2 Å². The van der Waals surface area contributed by atoms with Crippen molar-refractivity contribution in [2.75, 3.05) is 32.9 Å². The molecule has 6 heteroatoms. The highest BCUT2D eigenvalue weighted by Gasteiger charge is 2.40. The lowest BCUT2D eigenvalue weighted by Crippen LogP contribution is -2.67. The Bertz CT molecular complexity index is 389. The number of rotatable bonds is 6. The van der Waals surface area contributed by atoms with E-state index in [0.29, 0.717) is 42.2 Å². The van der Waals surface area contributed by atoms with Gasteiger partial charge in [-0.15, -0.1) is 0 Å². The molecule has 6 unspecified atom stereocenters. The van der Waals surface area contributed by atoms with E-state index in [1.54, 1.807) is 0 Å². The van der Waals surface area contributed by atoms with E-state index in [9.17, 15) is 0 Å². The van der Waals surface area contributed by atoms with Gasteiger partial charge in [-0.3, -0.25) is 0 Å². The fourth-order valence-corrected chi connectivity index (χ4v) is 5.35. The Balaban J connectivity index is 1.46. The summed E-state index contributed by atoms with van der Waals surface area (Å²) >= 11 is 0. The summed E-state index contributed by atoms with van der Waals surface area (Å²) in [5.74, 6) is 1.18. The van der Waals surface area contributed by atoms with Crippen molar-refractivity contribution in [3.05, 3.63) is 0 Å². The molecule has 4 aliphatic heterocycles. The normalized spacial score (nSPS) is 39.7. The molecule has 6 nitrogen and oxygen atoms in total. The van der Waals surface area contributed by atoms with Crippen molar-refractivity contribution in [3.63, 3.8) is 0 Å². The number of nitrogens with zero attached hydrogens (tertiary/aromatic N) is 2. The van der Waals surface area contributed by atoms with Crippen molar-refractivity contribution in [2.45, 2.75) is 89.7 Å². The zero-order chi connectivity index (χ0) is 18.8.